The first kappa shape index (κ1) is 24.9. The molecule has 0 radical (unpaired) electrons. The lowest BCUT2D eigenvalue weighted by Gasteiger charge is -2.13. The van der Waals surface area contributed by atoms with Gasteiger partial charge in [-0.25, -0.2) is 9.97 Å². The molecule has 0 aliphatic carbocycles. The van der Waals surface area contributed by atoms with Crippen molar-refractivity contribution in [2.24, 2.45) is 0 Å². The van der Waals surface area contributed by atoms with E-state index in [2.05, 4.69) is 5.32 Å². The number of nitrogens with zero attached hydrogens (tertiary/aromatic N) is 4. The molecular weight excluding hydrogens is 532 g/mol. The summed E-state index contributed by atoms with van der Waals surface area (Å²) < 4.78 is 8.46. The van der Waals surface area contributed by atoms with E-state index in [-0.39, 0.29) is 17.0 Å². The summed E-state index contributed by atoms with van der Waals surface area (Å²) in [6.45, 7) is 0.664. The number of thiophene rings is 1. The van der Waals surface area contributed by atoms with Gasteiger partial charge in [-0.15, -0.1) is 11.3 Å². The average molecular weight is 555 g/mol. The number of nitrogens with one attached hydrogen (secondary N) is 2. The van der Waals surface area contributed by atoms with Crippen molar-refractivity contribution in [3.63, 3.8) is 0 Å². The van der Waals surface area contributed by atoms with Crippen molar-refractivity contribution in [2.45, 2.75) is 6.54 Å². The van der Waals surface area contributed by atoms with Gasteiger partial charge in [-0.2, -0.15) is 0 Å². The molecular formula is C28H22N6O3S2. The van der Waals surface area contributed by atoms with Gasteiger partial charge in [0.25, 0.3) is 11.5 Å². The summed E-state index contributed by atoms with van der Waals surface area (Å²) in [4.78, 5) is 37.0. The van der Waals surface area contributed by atoms with Gasteiger partial charge in [0.15, 0.2) is 0 Å². The Balaban J connectivity index is 1.56. The largest absolute Gasteiger partial charge is 0.383 e. The maximum absolute atomic E-state index is 13.5. The van der Waals surface area contributed by atoms with Crippen LogP contribution in [0.25, 0.3) is 37.8 Å². The van der Waals surface area contributed by atoms with Crippen molar-refractivity contribution in [1.29, 1.82) is 5.41 Å². The van der Waals surface area contributed by atoms with E-state index in [0.29, 0.717) is 56.7 Å². The summed E-state index contributed by atoms with van der Waals surface area (Å²) >= 11 is 2.78. The smallest absolute Gasteiger partial charge is 0.267 e. The highest BCUT2D eigenvalue weighted by atomic mass is 32.1. The minimum Gasteiger partial charge on any atom is -0.383 e. The van der Waals surface area contributed by atoms with Crippen molar-refractivity contribution in [3.8, 4) is 21.1 Å². The Morgan fingerprint density at radius 1 is 1.08 bits per heavy atom. The molecule has 5 heterocycles. The van der Waals surface area contributed by atoms with E-state index >= 15 is 0 Å². The van der Waals surface area contributed by atoms with Crippen molar-refractivity contribution in [1.82, 2.24) is 18.9 Å². The zero-order valence-electron chi connectivity index (χ0n) is 20.7. The third-order valence-electron chi connectivity index (χ3n) is 6.21. The number of benzene rings is 1. The van der Waals surface area contributed by atoms with Crippen LogP contribution in [0.4, 0.5) is 5.00 Å². The van der Waals surface area contributed by atoms with E-state index in [0.717, 1.165) is 4.88 Å². The third-order valence-corrected chi connectivity index (χ3v) is 8.09. The number of thiazole rings is 1. The van der Waals surface area contributed by atoms with Crippen LogP contribution >= 0.6 is 22.7 Å². The Hall–Kier alpha value is -4.45. The topological polar surface area (TPSA) is 114 Å². The van der Waals surface area contributed by atoms with Crippen LogP contribution in [0.5, 0.6) is 0 Å². The van der Waals surface area contributed by atoms with Gasteiger partial charge in [-0.3, -0.25) is 19.4 Å². The number of carbonyl (C=O) groups excluding carboxylic acids is 1. The molecule has 0 saturated heterocycles. The Bertz CT molecular complexity index is 1940. The quantitative estimate of drug-likeness (QED) is 0.273. The maximum Gasteiger partial charge on any atom is 0.267 e. The molecule has 0 bridgehead atoms. The summed E-state index contributed by atoms with van der Waals surface area (Å²) in [7, 11) is 1.59. The number of hydrogen-bond acceptors (Lipinski definition) is 8. The number of anilines is 1. The average Bonchev–Trinajstić information content (AvgIpc) is 3.63. The van der Waals surface area contributed by atoms with Crippen LogP contribution in [-0.4, -0.2) is 38.6 Å². The predicted octanol–water partition coefficient (Wildman–Crippen LogP) is 4.88. The highest BCUT2D eigenvalue weighted by molar-refractivity contribution is 7.20. The fourth-order valence-electron chi connectivity index (χ4n) is 4.32. The second-order valence-corrected chi connectivity index (χ2v) is 10.6. The number of fused-ring (bicyclic) bond motifs is 2. The molecule has 6 aromatic rings. The minimum absolute atomic E-state index is 0.152. The lowest BCUT2D eigenvalue weighted by atomic mass is 10.2. The Morgan fingerprint density at radius 2 is 1.90 bits per heavy atom. The fourth-order valence-corrected chi connectivity index (χ4v) is 6.09. The van der Waals surface area contributed by atoms with Gasteiger partial charge in [0, 0.05) is 25.4 Å². The van der Waals surface area contributed by atoms with Crippen LogP contribution in [0.1, 0.15) is 10.4 Å². The number of methoxy groups -OCH3 is 1. The van der Waals surface area contributed by atoms with Crippen LogP contribution in [0.15, 0.2) is 83.1 Å². The molecule has 2 N–H and O–H groups in total. The van der Waals surface area contributed by atoms with Gasteiger partial charge in [0.05, 0.1) is 22.4 Å². The van der Waals surface area contributed by atoms with Crippen LogP contribution in [-0.2, 0) is 11.3 Å². The molecule has 39 heavy (non-hydrogen) atoms. The molecule has 0 unspecified atom stereocenters. The van der Waals surface area contributed by atoms with E-state index in [9.17, 15) is 9.59 Å². The predicted molar refractivity (Wildman–Crippen MR) is 154 cm³/mol. The van der Waals surface area contributed by atoms with Gasteiger partial charge < -0.3 is 14.6 Å². The number of carbonyl (C=O) groups is 1. The van der Waals surface area contributed by atoms with Crippen LogP contribution in [0.2, 0.25) is 0 Å². The van der Waals surface area contributed by atoms with E-state index in [1.165, 1.54) is 27.1 Å². The molecule has 0 aliphatic heterocycles. The van der Waals surface area contributed by atoms with Crippen LogP contribution in [0.3, 0.4) is 0 Å². The molecule has 1 amide bonds. The van der Waals surface area contributed by atoms with Gasteiger partial charge in [0.2, 0.25) is 0 Å². The molecule has 0 atom stereocenters. The summed E-state index contributed by atoms with van der Waals surface area (Å²) in [5.41, 5.74) is 2.43. The molecule has 1 aromatic carbocycles. The summed E-state index contributed by atoms with van der Waals surface area (Å²) in [6, 6.07) is 19.8. The van der Waals surface area contributed by atoms with E-state index in [4.69, 9.17) is 20.1 Å². The fraction of sp³-hybridized carbons (Fsp3) is 0.107. The second kappa shape index (κ2) is 10.4. The number of rotatable bonds is 7. The SMILES string of the molecule is COCCn1c(=N)c(-c2nc(-c3cccs3)c(NC(=O)c3ccccc3)s2)cc2c(=O)n3ccccc3nc21. The number of aromatic nitrogens is 4. The van der Waals surface area contributed by atoms with Crippen molar-refractivity contribution in [3.05, 3.63) is 99.7 Å². The standard InChI is InChI=1S/C28H22N6O3S2/c1-37-14-13-34-23(29)18(16-19-24(34)30-21-11-5-6-12-33(21)28(19)36)26-31-22(20-10-7-15-38-20)27(39-26)32-25(35)17-8-3-2-4-9-17/h2-12,15-16,29H,13-14H2,1H3,(H,32,35). The number of pyridine rings is 2. The molecule has 11 heteroatoms. The molecule has 0 aliphatic rings. The second-order valence-electron chi connectivity index (χ2n) is 8.63. The van der Waals surface area contributed by atoms with Crippen LogP contribution < -0.4 is 16.4 Å². The number of hydrogen-bond donors (Lipinski definition) is 2. The molecule has 9 nitrogen and oxygen atoms in total. The normalized spacial score (nSPS) is 11.3. The first-order valence-electron chi connectivity index (χ1n) is 12.0. The van der Waals surface area contributed by atoms with Crippen molar-refractivity contribution in [2.75, 3.05) is 19.0 Å². The van der Waals surface area contributed by atoms with Crippen LogP contribution in [0, 0.1) is 5.41 Å². The Kier molecular flexibility index (Phi) is 6.61. The molecule has 194 valence electrons. The van der Waals surface area contributed by atoms with Crippen molar-refractivity contribution < 1.29 is 9.53 Å². The monoisotopic (exact) mass is 554 g/mol. The third kappa shape index (κ3) is 4.56. The van der Waals surface area contributed by atoms with E-state index in [1.807, 2.05) is 41.8 Å². The lowest BCUT2D eigenvalue weighted by molar-refractivity contribution is 0.102. The maximum atomic E-state index is 13.5. The molecule has 0 fully saturated rings. The highest BCUT2D eigenvalue weighted by Gasteiger charge is 2.21. The van der Waals surface area contributed by atoms with Gasteiger partial charge in [0.1, 0.15) is 32.5 Å². The Labute approximate surface area is 230 Å². The zero-order chi connectivity index (χ0) is 26.9. The molecule has 5 aromatic heterocycles. The molecule has 0 spiro atoms. The van der Waals surface area contributed by atoms with Crippen molar-refractivity contribution >= 4 is 50.3 Å². The summed E-state index contributed by atoms with van der Waals surface area (Å²) in [6.07, 6.45) is 1.67. The Morgan fingerprint density at radius 3 is 2.67 bits per heavy atom. The van der Waals surface area contributed by atoms with Gasteiger partial charge in [-0.1, -0.05) is 41.7 Å². The van der Waals surface area contributed by atoms with Gasteiger partial charge in [-0.05, 0) is 41.8 Å². The lowest BCUT2D eigenvalue weighted by Crippen LogP contribution is -2.28. The van der Waals surface area contributed by atoms with E-state index < -0.39 is 0 Å². The first-order valence-corrected chi connectivity index (χ1v) is 13.7. The summed E-state index contributed by atoms with van der Waals surface area (Å²) in [5.74, 6) is -0.253. The first-order chi connectivity index (χ1) is 19.0. The van der Waals surface area contributed by atoms with Gasteiger partial charge >= 0.3 is 0 Å². The number of amides is 1. The van der Waals surface area contributed by atoms with E-state index in [1.54, 1.807) is 48.2 Å². The number of ether oxygens (including phenoxy) is 1. The summed E-state index contributed by atoms with van der Waals surface area (Å²) in [5, 5.41) is 15.5. The highest BCUT2D eigenvalue weighted by Crippen LogP contribution is 2.39. The molecule has 0 saturated carbocycles. The molecule has 6 rings (SSSR count). The zero-order valence-corrected chi connectivity index (χ0v) is 22.4. The minimum atomic E-state index is -0.253.